The third kappa shape index (κ3) is 5.04. The Morgan fingerprint density at radius 1 is 1.53 bits per heavy atom. The lowest BCUT2D eigenvalue weighted by atomic mass is 10.2. The van der Waals surface area contributed by atoms with Crippen LogP contribution in [0.5, 0.6) is 11.5 Å². The van der Waals surface area contributed by atoms with Gasteiger partial charge in [0.25, 0.3) is 0 Å². The lowest BCUT2D eigenvalue weighted by molar-refractivity contribution is 0.317. The summed E-state index contributed by atoms with van der Waals surface area (Å²) in [6.45, 7) is 5.01. The van der Waals surface area contributed by atoms with Crippen molar-refractivity contribution in [3.8, 4) is 11.5 Å². The lowest BCUT2D eigenvalue weighted by Gasteiger charge is -2.08. The first-order valence-corrected chi connectivity index (χ1v) is 7.00. The van der Waals surface area contributed by atoms with E-state index in [9.17, 15) is 5.11 Å². The summed E-state index contributed by atoms with van der Waals surface area (Å²) in [5.41, 5.74) is 3.47. The lowest BCUT2D eigenvalue weighted by Crippen LogP contribution is -2.31. The van der Waals surface area contributed by atoms with Gasteiger partial charge in [0.05, 0.1) is 17.3 Å². The number of hydrogen-bond donors (Lipinski definition) is 3. The summed E-state index contributed by atoms with van der Waals surface area (Å²) in [5, 5.41) is 17.1. The Kier molecular flexibility index (Phi) is 6.58. The molecule has 0 spiro atoms. The molecule has 0 fully saturated rings. The molecule has 5 nitrogen and oxygen atoms in total. The van der Waals surface area contributed by atoms with E-state index in [0.29, 0.717) is 21.9 Å². The first-order chi connectivity index (χ1) is 9.08. The van der Waals surface area contributed by atoms with Gasteiger partial charge < -0.3 is 15.2 Å². The van der Waals surface area contributed by atoms with E-state index in [2.05, 4.69) is 31.8 Å². The number of phenols is 1. The van der Waals surface area contributed by atoms with E-state index in [0.717, 1.165) is 12.1 Å². The predicted molar refractivity (Wildman–Crippen MR) is 84.0 cm³/mol. The summed E-state index contributed by atoms with van der Waals surface area (Å²) < 4.78 is 5.87. The molecule has 0 bridgehead atoms. The minimum Gasteiger partial charge on any atom is -0.503 e. The largest absolute Gasteiger partial charge is 0.503 e. The van der Waals surface area contributed by atoms with Crippen LogP contribution in [0.2, 0.25) is 0 Å². The minimum atomic E-state index is 0.0788. The number of hydrogen-bond acceptors (Lipinski definition) is 4. The maximum absolute atomic E-state index is 9.77. The number of nitrogens with one attached hydrogen (secondary N) is 2. The fraction of sp³-hybridized carbons (Fsp3) is 0.333. The quantitative estimate of drug-likeness (QED) is 0.434. The van der Waals surface area contributed by atoms with E-state index < -0.39 is 0 Å². The molecule has 104 valence electrons. The Balaban J connectivity index is 2.78. The molecule has 3 N–H and O–H groups in total. The van der Waals surface area contributed by atoms with E-state index >= 15 is 0 Å². The molecular weight excluding hydrogens is 330 g/mol. The van der Waals surface area contributed by atoms with E-state index in [-0.39, 0.29) is 5.75 Å². The standard InChI is InChI=1S/C12H16BrN3O2S/c1-3-14-12(19)16-15-7-8-5-9(13)11(17)10(6-8)18-4-2/h5-7,17H,3-4H2,1-2H3,(H2,14,16,19)/b15-7+. The molecular formula is C12H16BrN3O2S. The molecule has 0 unspecified atom stereocenters. The highest BCUT2D eigenvalue weighted by atomic mass is 79.9. The summed E-state index contributed by atoms with van der Waals surface area (Å²) >= 11 is 8.24. The number of nitrogens with zero attached hydrogens (tertiary/aromatic N) is 1. The third-order valence-electron chi connectivity index (χ3n) is 2.07. The molecule has 1 aromatic rings. The van der Waals surface area contributed by atoms with Crippen molar-refractivity contribution in [1.29, 1.82) is 0 Å². The Hall–Kier alpha value is -1.34. The van der Waals surface area contributed by atoms with Gasteiger partial charge in [-0.25, -0.2) is 0 Å². The fourth-order valence-electron chi connectivity index (χ4n) is 1.30. The minimum absolute atomic E-state index is 0.0788. The number of hydrazone groups is 1. The van der Waals surface area contributed by atoms with Gasteiger partial charge in [-0.15, -0.1) is 0 Å². The third-order valence-corrected chi connectivity index (χ3v) is 2.91. The molecule has 0 aliphatic rings. The molecule has 0 aliphatic heterocycles. The van der Waals surface area contributed by atoms with Crippen molar-refractivity contribution in [2.24, 2.45) is 5.10 Å². The van der Waals surface area contributed by atoms with Crippen molar-refractivity contribution in [3.63, 3.8) is 0 Å². The molecule has 0 saturated heterocycles. The van der Waals surface area contributed by atoms with Crippen LogP contribution in [0.15, 0.2) is 21.7 Å². The highest BCUT2D eigenvalue weighted by Gasteiger charge is 2.08. The molecule has 0 amide bonds. The van der Waals surface area contributed by atoms with E-state index in [1.165, 1.54) is 0 Å². The van der Waals surface area contributed by atoms with Gasteiger partial charge in [-0.05, 0) is 59.7 Å². The van der Waals surface area contributed by atoms with Gasteiger partial charge in [-0.2, -0.15) is 5.10 Å². The van der Waals surface area contributed by atoms with Gasteiger partial charge >= 0.3 is 0 Å². The number of ether oxygens (including phenoxy) is 1. The SMILES string of the molecule is CCNC(=S)N/N=C/c1cc(Br)c(O)c(OCC)c1. The Morgan fingerprint density at radius 2 is 2.26 bits per heavy atom. The van der Waals surface area contributed by atoms with Crippen LogP contribution in [-0.4, -0.2) is 29.6 Å². The molecule has 1 rings (SSSR count). The Morgan fingerprint density at radius 3 is 2.89 bits per heavy atom. The van der Waals surface area contributed by atoms with Crippen molar-refractivity contribution in [2.75, 3.05) is 13.2 Å². The van der Waals surface area contributed by atoms with Gasteiger partial charge in [-0.1, -0.05) is 0 Å². The highest BCUT2D eigenvalue weighted by molar-refractivity contribution is 9.10. The smallest absolute Gasteiger partial charge is 0.186 e. The summed E-state index contributed by atoms with van der Waals surface area (Å²) in [4.78, 5) is 0. The topological polar surface area (TPSA) is 65.9 Å². The molecule has 0 heterocycles. The van der Waals surface area contributed by atoms with Crippen molar-refractivity contribution in [2.45, 2.75) is 13.8 Å². The second-order valence-electron chi connectivity index (χ2n) is 3.51. The zero-order valence-electron chi connectivity index (χ0n) is 10.7. The van der Waals surface area contributed by atoms with Crippen molar-refractivity contribution >= 4 is 39.5 Å². The Bertz CT molecular complexity index is 480. The molecule has 7 heteroatoms. The highest BCUT2D eigenvalue weighted by Crippen LogP contribution is 2.34. The van der Waals surface area contributed by atoms with Crippen LogP contribution < -0.4 is 15.5 Å². The van der Waals surface area contributed by atoms with Gasteiger partial charge in [0.15, 0.2) is 16.6 Å². The van der Waals surface area contributed by atoms with Crippen LogP contribution in [0.3, 0.4) is 0 Å². The van der Waals surface area contributed by atoms with Crippen LogP contribution in [0, 0.1) is 0 Å². The van der Waals surface area contributed by atoms with Gasteiger partial charge in [0.2, 0.25) is 0 Å². The van der Waals surface area contributed by atoms with E-state index in [1.807, 2.05) is 13.8 Å². The second-order valence-corrected chi connectivity index (χ2v) is 4.77. The molecule has 0 aliphatic carbocycles. The summed E-state index contributed by atoms with van der Waals surface area (Å²) in [7, 11) is 0. The van der Waals surface area contributed by atoms with Crippen LogP contribution in [0.1, 0.15) is 19.4 Å². The average molecular weight is 346 g/mol. The van der Waals surface area contributed by atoms with E-state index in [1.54, 1.807) is 18.3 Å². The van der Waals surface area contributed by atoms with Gasteiger partial charge in [0, 0.05) is 6.54 Å². The summed E-state index contributed by atoms with van der Waals surface area (Å²) in [6, 6.07) is 3.43. The van der Waals surface area contributed by atoms with Crippen molar-refractivity contribution in [1.82, 2.24) is 10.7 Å². The molecule has 0 saturated carbocycles. The van der Waals surface area contributed by atoms with Gasteiger partial charge in [0.1, 0.15) is 0 Å². The fourth-order valence-corrected chi connectivity index (χ4v) is 1.96. The Labute approximate surface area is 126 Å². The monoisotopic (exact) mass is 345 g/mol. The van der Waals surface area contributed by atoms with Gasteiger partial charge in [-0.3, -0.25) is 5.43 Å². The van der Waals surface area contributed by atoms with Crippen LogP contribution >= 0.6 is 28.1 Å². The number of aromatic hydroxyl groups is 1. The van der Waals surface area contributed by atoms with E-state index in [4.69, 9.17) is 17.0 Å². The number of halogens is 1. The van der Waals surface area contributed by atoms with Crippen LogP contribution in [0.4, 0.5) is 0 Å². The molecule has 19 heavy (non-hydrogen) atoms. The molecule has 0 atom stereocenters. The normalized spacial score (nSPS) is 10.5. The zero-order valence-corrected chi connectivity index (χ0v) is 13.1. The summed E-state index contributed by atoms with van der Waals surface area (Å²) in [5.74, 6) is 0.489. The first kappa shape index (κ1) is 15.7. The number of thiocarbonyl (C=S) groups is 1. The zero-order chi connectivity index (χ0) is 14.3. The number of rotatable bonds is 5. The van der Waals surface area contributed by atoms with Crippen LogP contribution in [-0.2, 0) is 0 Å². The molecule has 1 aromatic carbocycles. The maximum atomic E-state index is 9.77. The number of phenolic OH excluding ortho intramolecular Hbond substituents is 1. The predicted octanol–water partition coefficient (Wildman–Crippen LogP) is 2.37. The average Bonchev–Trinajstić information content (AvgIpc) is 2.36. The molecule has 0 radical (unpaired) electrons. The number of benzene rings is 1. The van der Waals surface area contributed by atoms with Crippen molar-refractivity contribution in [3.05, 3.63) is 22.2 Å². The molecule has 0 aromatic heterocycles. The summed E-state index contributed by atoms with van der Waals surface area (Å²) in [6.07, 6.45) is 1.59. The maximum Gasteiger partial charge on any atom is 0.186 e. The second kappa shape index (κ2) is 7.96. The van der Waals surface area contributed by atoms with Crippen LogP contribution in [0.25, 0.3) is 0 Å². The first-order valence-electron chi connectivity index (χ1n) is 5.80. The van der Waals surface area contributed by atoms with Crippen molar-refractivity contribution < 1.29 is 9.84 Å².